The first-order valence-electron chi connectivity index (χ1n) is 14.0. The van der Waals surface area contributed by atoms with Crippen molar-refractivity contribution in [1.29, 1.82) is 0 Å². The Labute approximate surface area is 257 Å². The van der Waals surface area contributed by atoms with Gasteiger partial charge in [-0.15, -0.1) is 34.9 Å². The fourth-order valence-electron chi connectivity index (χ4n) is 5.41. The quantitative estimate of drug-likeness (QED) is 0.108. The van der Waals surface area contributed by atoms with Gasteiger partial charge in [-0.3, -0.25) is 9.59 Å². The van der Waals surface area contributed by atoms with Crippen LogP contribution in [0.4, 0.5) is 0 Å². The van der Waals surface area contributed by atoms with Gasteiger partial charge in [0.05, 0.1) is 5.76 Å². The van der Waals surface area contributed by atoms with Crippen LogP contribution in [-0.4, -0.2) is 21.7 Å². The smallest absolute Gasteiger partial charge is 0.195 e. The number of hydrogen-bond donors (Lipinski definition) is 1. The second kappa shape index (κ2) is 13.5. The van der Waals surface area contributed by atoms with Gasteiger partial charge in [0.25, 0.3) is 0 Å². The second-order valence-corrected chi connectivity index (χ2v) is 11.6. The zero-order chi connectivity index (χ0) is 29.1. The van der Waals surface area contributed by atoms with Crippen LogP contribution in [0.2, 0.25) is 0 Å². The number of benzene rings is 3. The molecule has 4 nitrogen and oxygen atoms in total. The average Bonchev–Trinajstić information content (AvgIpc) is 2.85. The number of rotatable bonds is 6. The predicted octanol–water partition coefficient (Wildman–Crippen LogP) is 8.93. The Morgan fingerprint density at radius 1 is 0.927 bits per heavy atom. The summed E-state index contributed by atoms with van der Waals surface area (Å²) in [7, 11) is 0. The van der Waals surface area contributed by atoms with E-state index in [1.807, 2.05) is 46.8 Å². The minimum atomic E-state index is 0. The van der Waals surface area contributed by atoms with E-state index in [-0.39, 0.29) is 37.4 Å². The van der Waals surface area contributed by atoms with E-state index in [4.69, 9.17) is 4.98 Å². The first-order valence-corrected chi connectivity index (χ1v) is 14.0. The molecule has 0 saturated heterocycles. The van der Waals surface area contributed by atoms with Gasteiger partial charge in [0, 0.05) is 56.3 Å². The average molecular weight is 725 g/mol. The largest absolute Gasteiger partial charge is 0.512 e. The number of carbonyl (C=O) groups excluding carboxylic acids is 2. The zero-order valence-electron chi connectivity index (χ0n) is 24.9. The Balaban J connectivity index is 0.000000284. The zero-order valence-corrected chi connectivity index (χ0v) is 27.3. The Bertz CT molecular complexity index is 1610. The molecule has 215 valence electrons. The van der Waals surface area contributed by atoms with Crippen LogP contribution < -0.4 is 0 Å². The van der Waals surface area contributed by atoms with Gasteiger partial charge in [-0.05, 0) is 51.9 Å². The van der Waals surface area contributed by atoms with Crippen LogP contribution in [0, 0.1) is 38.7 Å². The van der Waals surface area contributed by atoms with E-state index < -0.39 is 0 Å². The van der Waals surface area contributed by atoms with Gasteiger partial charge in [-0.1, -0.05) is 77.9 Å². The first-order chi connectivity index (χ1) is 19.0. The molecule has 1 heterocycles. The van der Waals surface area contributed by atoms with E-state index in [9.17, 15) is 14.7 Å². The number of fused-ring (bicyclic) bond motifs is 2. The molecular weight excluding hydrogens is 687 g/mol. The molecule has 1 aromatic heterocycles. The molecule has 3 aromatic carbocycles. The van der Waals surface area contributed by atoms with Crippen LogP contribution >= 0.6 is 0 Å². The van der Waals surface area contributed by atoms with E-state index >= 15 is 0 Å². The van der Waals surface area contributed by atoms with E-state index in [0.717, 1.165) is 49.8 Å². The summed E-state index contributed by atoms with van der Waals surface area (Å²) in [6, 6.07) is 19.8. The number of aromatic nitrogens is 1. The summed E-state index contributed by atoms with van der Waals surface area (Å²) in [5.41, 5.74) is 8.85. The molecule has 1 radical (unpaired) electrons. The molecule has 1 aliphatic rings. The van der Waals surface area contributed by atoms with Crippen LogP contribution in [0.15, 0.2) is 66.6 Å². The number of hydrogen-bond acceptors (Lipinski definition) is 4. The molecule has 0 amide bonds. The van der Waals surface area contributed by atoms with Crippen molar-refractivity contribution in [3.05, 3.63) is 100 Å². The maximum Gasteiger partial charge on any atom is 0.195 e. The number of aryl methyl sites for hydroxylation is 3. The Morgan fingerprint density at radius 3 is 2.24 bits per heavy atom. The third-order valence-corrected chi connectivity index (χ3v) is 6.90. The molecule has 0 saturated carbocycles. The van der Waals surface area contributed by atoms with Gasteiger partial charge in [-0.2, -0.15) is 0 Å². The second-order valence-electron chi connectivity index (χ2n) is 11.6. The van der Waals surface area contributed by atoms with Crippen molar-refractivity contribution in [2.45, 2.75) is 61.3 Å². The molecule has 5 rings (SSSR count). The van der Waals surface area contributed by atoms with Crippen LogP contribution in [0.25, 0.3) is 33.2 Å². The summed E-state index contributed by atoms with van der Waals surface area (Å²) in [4.78, 5) is 29.1. The fraction of sp³-hybridized carbons (Fsp3) is 0.306. The van der Waals surface area contributed by atoms with Gasteiger partial charge in [0.2, 0.25) is 0 Å². The van der Waals surface area contributed by atoms with Crippen molar-refractivity contribution < 1.29 is 34.8 Å². The topological polar surface area (TPSA) is 67.3 Å². The number of pyridine rings is 1. The molecular formula is C36H38IrNO3-. The molecule has 4 aromatic rings. The summed E-state index contributed by atoms with van der Waals surface area (Å²) >= 11 is 0. The van der Waals surface area contributed by atoms with E-state index in [2.05, 4.69) is 56.3 Å². The molecule has 1 N–H and O–H groups in total. The van der Waals surface area contributed by atoms with Crippen LogP contribution in [0.5, 0.6) is 0 Å². The van der Waals surface area contributed by atoms with Crippen molar-refractivity contribution >= 4 is 22.3 Å². The Hall–Kier alpha value is -3.40. The predicted molar refractivity (Wildman–Crippen MR) is 164 cm³/mol. The standard InChI is InChI=1S/C25H18NO.C11H20O2.Ir/c1-14-10-15(2)12-17(11-14)24-19-8-5-7-18-22-16(3)6-4-9-20(22)25(27)21(13-26-24)23(18)19;1-8(2)5-10(12)7-11(13)6-9(3)4;/h4-11,13H,1-3H3;7-9,12H,5-6H2,1-4H3;/q-1;;/b;10-7-;. The van der Waals surface area contributed by atoms with Crippen molar-refractivity contribution in [1.82, 2.24) is 4.98 Å². The van der Waals surface area contributed by atoms with Gasteiger partial charge >= 0.3 is 0 Å². The molecule has 0 spiro atoms. The van der Waals surface area contributed by atoms with Crippen molar-refractivity contribution in [2.75, 3.05) is 0 Å². The van der Waals surface area contributed by atoms with Gasteiger partial charge in [-0.25, -0.2) is 0 Å². The van der Waals surface area contributed by atoms with Crippen LogP contribution in [-0.2, 0) is 24.9 Å². The number of aliphatic hydroxyl groups is 1. The summed E-state index contributed by atoms with van der Waals surface area (Å²) in [6.07, 6.45) is 4.20. The van der Waals surface area contributed by atoms with Crippen molar-refractivity contribution in [3.63, 3.8) is 0 Å². The maximum atomic E-state index is 13.2. The fourth-order valence-corrected chi connectivity index (χ4v) is 5.41. The molecule has 0 bridgehead atoms. The minimum absolute atomic E-state index is 0. The number of allylic oxidation sites excluding steroid dienone is 2. The van der Waals surface area contributed by atoms with Crippen molar-refractivity contribution in [2.24, 2.45) is 11.8 Å². The molecule has 0 unspecified atom stereocenters. The monoisotopic (exact) mass is 725 g/mol. The molecule has 0 atom stereocenters. The van der Waals surface area contributed by atoms with Crippen molar-refractivity contribution in [3.8, 4) is 22.4 Å². The maximum absolute atomic E-state index is 13.2. The molecule has 5 heteroatoms. The summed E-state index contributed by atoms with van der Waals surface area (Å²) in [5.74, 6) is 1.04. The van der Waals surface area contributed by atoms with E-state index in [0.29, 0.717) is 30.2 Å². The summed E-state index contributed by atoms with van der Waals surface area (Å²) < 4.78 is 0. The van der Waals surface area contributed by atoms with Gasteiger partial charge in [0.1, 0.15) is 0 Å². The molecule has 1 aliphatic carbocycles. The number of nitrogens with zero attached hydrogens (tertiary/aromatic N) is 1. The molecule has 0 fully saturated rings. The first kappa shape index (κ1) is 32.1. The van der Waals surface area contributed by atoms with Gasteiger partial charge in [0.15, 0.2) is 11.6 Å². The SMILES string of the molecule is CC(C)CC(=O)/C=C(\O)CC(C)C.Cc1[c-]c(-c2ncc3c4c(cccc24)-c2c(C)cccc2C3=O)cc(C)c1.[Ir]. The van der Waals surface area contributed by atoms with Crippen LogP contribution in [0.1, 0.15) is 73.1 Å². The van der Waals surface area contributed by atoms with Gasteiger partial charge < -0.3 is 10.1 Å². The summed E-state index contributed by atoms with van der Waals surface area (Å²) in [6.45, 7) is 14.2. The van der Waals surface area contributed by atoms with E-state index in [1.165, 1.54) is 11.6 Å². The Kier molecular flexibility index (Phi) is 10.6. The van der Waals surface area contributed by atoms with E-state index in [1.54, 1.807) is 6.20 Å². The summed E-state index contributed by atoms with van der Waals surface area (Å²) in [5, 5.41) is 11.4. The number of ketones is 2. The normalized spacial score (nSPS) is 12.1. The minimum Gasteiger partial charge on any atom is -0.512 e. The molecule has 0 aliphatic heterocycles. The number of aliphatic hydroxyl groups excluding tert-OH is 1. The Morgan fingerprint density at radius 2 is 1.59 bits per heavy atom. The third kappa shape index (κ3) is 7.28. The third-order valence-electron chi connectivity index (χ3n) is 6.90. The molecule has 41 heavy (non-hydrogen) atoms. The number of carbonyl (C=O) groups is 2. The van der Waals surface area contributed by atoms with Crippen LogP contribution in [0.3, 0.4) is 0 Å².